The molecule has 0 spiro atoms. The molecule has 2 unspecified atom stereocenters. The van der Waals surface area contributed by atoms with Crippen LogP contribution in [0.4, 0.5) is 4.39 Å². The van der Waals surface area contributed by atoms with Crippen molar-refractivity contribution in [2.45, 2.75) is 44.6 Å². The first-order valence-electron chi connectivity index (χ1n) is 5.46. The van der Waals surface area contributed by atoms with E-state index in [0.29, 0.717) is 6.42 Å². The molecule has 0 aliphatic heterocycles. The van der Waals surface area contributed by atoms with Gasteiger partial charge in [0.05, 0.1) is 6.10 Å². The minimum absolute atomic E-state index is 0.141. The topological polar surface area (TPSA) is 20.2 Å². The van der Waals surface area contributed by atoms with Crippen LogP contribution >= 0.6 is 0 Å². The van der Waals surface area contributed by atoms with Crippen LogP contribution in [0.25, 0.3) is 0 Å². The predicted octanol–water partition coefficient (Wildman–Crippen LogP) is 2.94. The summed E-state index contributed by atoms with van der Waals surface area (Å²) in [6, 6.07) is 5.22. The Hall–Kier alpha value is -0.890. The average Bonchev–Trinajstić information content (AvgIpc) is 2.52. The SMILES string of the molecule is Cc1ccc(F)c(C2(C)CCC(O)C2)c1. The van der Waals surface area contributed by atoms with E-state index in [9.17, 15) is 9.50 Å². The van der Waals surface area contributed by atoms with Gasteiger partial charge in [0.2, 0.25) is 0 Å². The van der Waals surface area contributed by atoms with E-state index in [4.69, 9.17) is 0 Å². The molecule has 2 rings (SSSR count). The highest BCUT2D eigenvalue weighted by Gasteiger charge is 2.37. The molecule has 1 N–H and O–H groups in total. The normalized spacial score (nSPS) is 30.8. The monoisotopic (exact) mass is 208 g/mol. The summed E-state index contributed by atoms with van der Waals surface area (Å²) in [4.78, 5) is 0. The van der Waals surface area contributed by atoms with Crippen LogP contribution in [0.3, 0.4) is 0 Å². The van der Waals surface area contributed by atoms with Crippen LogP contribution in [-0.4, -0.2) is 11.2 Å². The number of rotatable bonds is 1. The van der Waals surface area contributed by atoms with E-state index in [0.717, 1.165) is 24.0 Å². The highest BCUT2D eigenvalue weighted by atomic mass is 19.1. The molecule has 2 atom stereocenters. The molecule has 0 bridgehead atoms. The van der Waals surface area contributed by atoms with E-state index in [2.05, 4.69) is 0 Å². The van der Waals surface area contributed by atoms with Gasteiger partial charge in [-0.3, -0.25) is 0 Å². The molecule has 1 aliphatic rings. The second-order valence-corrected chi connectivity index (χ2v) is 4.94. The molecule has 15 heavy (non-hydrogen) atoms. The van der Waals surface area contributed by atoms with Crippen molar-refractivity contribution in [1.29, 1.82) is 0 Å². The standard InChI is InChI=1S/C13H17FO/c1-9-3-4-12(14)11(7-9)13(2)6-5-10(15)8-13/h3-4,7,10,15H,5-6,8H2,1-2H3. The van der Waals surface area contributed by atoms with Crippen molar-refractivity contribution in [2.75, 3.05) is 0 Å². The molecule has 1 nitrogen and oxygen atoms in total. The third-order valence-electron chi connectivity index (χ3n) is 3.49. The van der Waals surface area contributed by atoms with Crippen molar-refractivity contribution in [2.24, 2.45) is 0 Å². The third kappa shape index (κ3) is 1.91. The number of hydrogen-bond donors (Lipinski definition) is 1. The highest BCUT2D eigenvalue weighted by Crippen LogP contribution is 2.41. The fraction of sp³-hybridized carbons (Fsp3) is 0.538. The quantitative estimate of drug-likeness (QED) is 0.752. The largest absolute Gasteiger partial charge is 0.393 e. The zero-order chi connectivity index (χ0) is 11.1. The molecule has 1 fully saturated rings. The van der Waals surface area contributed by atoms with Crippen LogP contribution in [0.1, 0.15) is 37.3 Å². The Morgan fingerprint density at radius 1 is 1.47 bits per heavy atom. The minimum Gasteiger partial charge on any atom is -0.393 e. The Bertz CT molecular complexity index is 375. The smallest absolute Gasteiger partial charge is 0.126 e. The van der Waals surface area contributed by atoms with Crippen molar-refractivity contribution < 1.29 is 9.50 Å². The summed E-state index contributed by atoms with van der Waals surface area (Å²) in [6.07, 6.45) is 2.06. The van der Waals surface area contributed by atoms with Gasteiger partial charge in [0.1, 0.15) is 5.82 Å². The van der Waals surface area contributed by atoms with Crippen molar-refractivity contribution >= 4 is 0 Å². The lowest BCUT2D eigenvalue weighted by Gasteiger charge is -2.25. The van der Waals surface area contributed by atoms with Crippen molar-refractivity contribution in [3.05, 3.63) is 35.1 Å². The first-order valence-corrected chi connectivity index (χ1v) is 5.46. The number of aliphatic hydroxyl groups is 1. The minimum atomic E-state index is -0.269. The second-order valence-electron chi connectivity index (χ2n) is 4.94. The Morgan fingerprint density at radius 3 is 2.80 bits per heavy atom. The van der Waals surface area contributed by atoms with Gasteiger partial charge >= 0.3 is 0 Å². The second kappa shape index (κ2) is 3.60. The zero-order valence-corrected chi connectivity index (χ0v) is 9.26. The molecule has 1 aromatic carbocycles. The molecule has 0 aromatic heterocycles. The van der Waals surface area contributed by atoms with Crippen LogP contribution in [0.15, 0.2) is 18.2 Å². The van der Waals surface area contributed by atoms with E-state index >= 15 is 0 Å². The number of aryl methyl sites for hydroxylation is 1. The van der Waals surface area contributed by atoms with E-state index < -0.39 is 0 Å². The lowest BCUT2D eigenvalue weighted by Crippen LogP contribution is -2.20. The van der Waals surface area contributed by atoms with Gasteiger partial charge in [-0.05, 0) is 43.2 Å². The van der Waals surface area contributed by atoms with Gasteiger partial charge in [-0.1, -0.05) is 24.6 Å². The molecule has 1 aromatic rings. The Balaban J connectivity index is 2.40. The van der Waals surface area contributed by atoms with Crippen LogP contribution < -0.4 is 0 Å². The highest BCUT2D eigenvalue weighted by molar-refractivity contribution is 5.31. The van der Waals surface area contributed by atoms with Gasteiger partial charge in [-0.2, -0.15) is 0 Å². The maximum absolute atomic E-state index is 13.7. The Morgan fingerprint density at radius 2 is 2.20 bits per heavy atom. The lowest BCUT2D eigenvalue weighted by molar-refractivity contribution is 0.175. The lowest BCUT2D eigenvalue weighted by atomic mass is 9.80. The van der Waals surface area contributed by atoms with E-state index in [1.807, 2.05) is 19.9 Å². The first-order chi connectivity index (χ1) is 7.01. The van der Waals surface area contributed by atoms with Crippen LogP contribution in [0, 0.1) is 12.7 Å². The van der Waals surface area contributed by atoms with Crippen molar-refractivity contribution in [3.8, 4) is 0 Å². The van der Waals surface area contributed by atoms with Gasteiger partial charge in [0.25, 0.3) is 0 Å². The van der Waals surface area contributed by atoms with Gasteiger partial charge in [0, 0.05) is 0 Å². The van der Waals surface area contributed by atoms with Gasteiger partial charge in [0.15, 0.2) is 0 Å². The summed E-state index contributed by atoms with van der Waals surface area (Å²) < 4.78 is 13.7. The van der Waals surface area contributed by atoms with Crippen LogP contribution in [0.2, 0.25) is 0 Å². The first kappa shape index (κ1) is 10.6. The van der Waals surface area contributed by atoms with Crippen LogP contribution in [0.5, 0.6) is 0 Å². The maximum atomic E-state index is 13.7. The fourth-order valence-corrected chi connectivity index (χ4v) is 2.56. The molecular weight excluding hydrogens is 191 g/mol. The molecule has 1 saturated carbocycles. The summed E-state index contributed by atoms with van der Waals surface area (Å²) in [5, 5.41) is 9.56. The van der Waals surface area contributed by atoms with Crippen molar-refractivity contribution in [1.82, 2.24) is 0 Å². The predicted molar refractivity (Wildman–Crippen MR) is 58.3 cm³/mol. The molecule has 0 radical (unpaired) electrons. The number of aliphatic hydroxyl groups excluding tert-OH is 1. The molecule has 0 heterocycles. The summed E-state index contributed by atoms with van der Waals surface area (Å²) in [7, 11) is 0. The van der Waals surface area contributed by atoms with Gasteiger partial charge < -0.3 is 5.11 Å². The maximum Gasteiger partial charge on any atom is 0.126 e. The summed E-state index contributed by atoms with van der Waals surface area (Å²) in [5.41, 5.74) is 1.66. The number of halogens is 1. The van der Waals surface area contributed by atoms with Crippen LogP contribution in [-0.2, 0) is 5.41 Å². The molecular formula is C13H17FO. The average molecular weight is 208 g/mol. The Kier molecular flexibility index (Phi) is 2.55. The molecule has 1 aliphatic carbocycles. The molecule has 0 amide bonds. The summed E-state index contributed by atoms with van der Waals surface area (Å²) in [6.45, 7) is 4.01. The Labute approximate surface area is 89.9 Å². The van der Waals surface area contributed by atoms with Crippen molar-refractivity contribution in [3.63, 3.8) is 0 Å². The fourth-order valence-electron chi connectivity index (χ4n) is 2.56. The summed E-state index contributed by atoms with van der Waals surface area (Å²) >= 11 is 0. The summed E-state index contributed by atoms with van der Waals surface area (Å²) in [5.74, 6) is -0.141. The van der Waals surface area contributed by atoms with E-state index in [-0.39, 0.29) is 17.3 Å². The van der Waals surface area contributed by atoms with Gasteiger partial charge in [-0.15, -0.1) is 0 Å². The molecule has 2 heteroatoms. The molecule has 82 valence electrons. The molecule has 0 saturated heterocycles. The van der Waals surface area contributed by atoms with Gasteiger partial charge in [-0.25, -0.2) is 4.39 Å². The zero-order valence-electron chi connectivity index (χ0n) is 9.26. The number of benzene rings is 1. The van der Waals surface area contributed by atoms with E-state index in [1.54, 1.807) is 6.07 Å². The number of hydrogen-bond acceptors (Lipinski definition) is 1. The third-order valence-corrected chi connectivity index (χ3v) is 3.49. The van der Waals surface area contributed by atoms with E-state index in [1.165, 1.54) is 6.07 Å².